The zero-order valence-electron chi connectivity index (χ0n) is 8.63. The third kappa shape index (κ3) is 18.9. The van der Waals surface area contributed by atoms with Gasteiger partial charge in [-0.3, -0.25) is 0 Å². The summed E-state index contributed by atoms with van der Waals surface area (Å²) < 4.78 is 0. The highest BCUT2D eigenvalue weighted by atomic mass is 31.0. The van der Waals surface area contributed by atoms with E-state index in [4.69, 9.17) is 10.2 Å². The fourth-order valence-corrected chi connectivity index (χ4v) is 0.919. The van der Waals surface area contributed by atoms with Gasteiger partial charge in [-0.2, -0.15) is 0 Å². The van der Waals surface area contributed by atoms with E-state index in [0.29, 0.717) is 13.2 Å². The highest BCUT2D eigenvalue weighted by Crippen LogP contribution is 1.96. The number of aliphatic hydroxyl groups excluding tert-OH is 2. The first kappa shape index (κ1) is 15.8. The molecule has 0 aliphatic heterocycles. The molecule has 0 radical (unpaired) electrons. The molecule has 0 aromatic heterocycles. The molecule has 0 aliphatic rings. The van der Waals surface area contributed by atoms with E-state index in [0.717, 1.165) is 25.8 Å². The molecule has 0 aromatic rings. The van der Waals surface area contributed by atoms with E-state index in [9.17, 15) is 0 Å². The molecule has 3 N–H and O–H groups in total. The summed E-state index contributed by atoms with van der Waals surface area (Å²) in [5.41, 5.74) is 0. The molecule has 13 heavy (non-hydrogen) atoms. The first-order chi connectivity index (χ1) is 6.41. The minimum absolute atomic E-state index is 0.219. The molecule has 1 unspecified atom stereocenters. The molecule has 3 nitrogen and oxygen atoms in total. The Kier molecular flexibility index (Phi) is 22.0. The van der Waals surface area contributed by atoms with E-state index in [1.165, 1.54) is 6.42 Å². The van der Waals surface area contributed by atoms with Crippen LogP contribution in [0.5, 0.6) is 0 Å². The van der Waals surface area contributed by atoms with Crippen molar-refractivity contribution in [3.63, 3.8) is 0 Å². The van der Waals surface area contributed by atoms with E-state index in [1.54, 1.807) is 0 Å². The predicted octanol–water partition coefficient (Wildman–Crippen LogP) is 0.612. The molecule has 0 saturated heterocycles. The van der Waals surface area contributed by atoms with Crippen LogP contribution in [0.3, 0.4) is 0 Å². The standard InChI is InChI=1S/C8H19NO2.CH5P/c10-7-4-2-1-3-5-9-6-8-11;1-2/h9-11H,1-8H2;2H2,1H3. The van der Waals surface area contributed by atoms with Gasteiger partial charge in [0, 0.05) is 13.2 Å². The second-order valence-electron chi connectivity index (χ2n) is 2.61. The average molecular weight is 209 g/mol. The van der Waals surface area contributed by atoms with Gasteiger partial charge in [0.2, 0.25) is 0 Å². The van der Waals surface area contributed by atoms with Crippen molar-refractivity contribution in [3.05, 3.63) is 0 Å². The van der Waals surface area contributed by atoms with Gasteiger partial charge in [0.05, 0.1) is 6.61 Å². The molecule has 4 heteroatoms. The fraction of sp³-hybridized carbons (Fsp3) is 1.00. The Labute approximate surface area is 84.1 Å². The molecule has 82 valence electrons. The Morgan fingerprint density at radius 2 is 1.46 bits per heavy atom. The van der Waals surface area contributed by atoms with Crippen molar-refractivity contribution in [1.29, 1.82) is 0 Å². The smallest absolute Gasteiger partial charge is 0.0555 e. The molecule has 0 heterocycles. The van der Waals surface area contributed by atoms with Gasteiger partial charge in [-0.15, -0.1) is 9.24 Å². The largest absolute Gasteiger partial charge is 0.396 e. The van der Waals surface area contributed by atoms with Gasteiger partial charge >= 0.3 is 0 Å². The average Bonchev–Trinajstić information content (AvgIpc) is 2.20. The number of rotatable bonds is 8. The molecule has 0 amide bonds. The molecule has 0 aromatic carbocycles. The van der Waals surface area contributed by atoms with Crippen molar-refractivity contribution in [2.24, 2.45) is 0 Å². The number of aliphatic hydroxyl groups is 2. The summed E-state index contributed by atoms with van der Waals surface area (Å²) in [4.78, 5) is 0. The van der Waals surface area contributed by atoms with Crippen LogP contribution in [-0.4, -0.2) is 43.2 Å². The molecule has 0 aliphatic carbocycles. The van der Waals surface area contributed by atoms with Crippen LogP contribution in [0.2, 0.25) is 0 Å². The SMILES string of the molecule is CP.OCCCCCCNCCO. The van der Waals surface area contributed by atoms with Crippen molar-refractivity contribution in [2.45, 2.75) is 25.7 Å². The first-order valence-corrected chi connectivity index (χ1v) is 6.07. The summed E-state index contributed by atoms with van der Waals surface area (Å²) in [6.45, 7) is 4.12. The number of hydrogen-bond acceptors (Lipinski definition) is 3. The highest BCUT2D eigenvalue weighted by molar-refractivity contribution is 7.15. The van der Waals surface area contributed by atoms with Crippen LogP contribution in [-0.2, 0) is 0 Å². The Morgan fingerprint density at radius 3 is 2.00 bits per heavy atom. The van der Waals surface area contributed by atoms with Crippen LogP contribution in [0.15, 0.2) is 0 Å². The molecule has 0 rings (SSSR count). The predicted molar refractivity (Wildman–Crippen MR) is 61.1 cm³/mol. The lowest BCUT2D eigenvalue weighted by Crippen LogP contribution is -2.19. The number of hydrogen-bond donors (Lipinski definition) is 3. The highest BCUT2D eigenvalue weighted by Gasteiger charge is 1.88. The van der Waals surface area contributed by atoms with Crippen LogP contribution >= 0.6 is 9.24 Å². The Balaban J connectivity index is 0. The van der Waals surface area contributed by atoms with Crippen molar-refractivity contribution < 1.29 is 10.2 Å². The second-order valence-corrected chi connectivity index (χ2v) is 2.61. The summed E-state index contributed by atoms with van der Waals surface area (Å²) in [5.74, 6) is 0. The van der Waals surface area contributed by atoms with Gasteiger partial charge < -0.3 is 15.5 Å². The topological polar surface area (TPSA) is 52.5 Å². The summed E-state index contributed by atoms with van der Waals surface area (Å²) in [5, 5.41) is 20.0. The third-order valence-electron chi connectivity index (χ3n) is 1.55. The van der Waals surface area contributed by atoms with E-state index < -0.39 is 0 Å². The molecular weight excluding hydrogens is 185 g/mol. The Morgan fingerprint density at radius 1 is 0.846 bits per heavy atom. The summed E-state index contributed by atoms with van der Waals surface area (Å²) in [7, 11) is 2.42. The Hall–Kier alpha value is 0.310. The van der Waals surface area contributed by atoms with Crippen molar-refractivity contribution >= 4 is 9.24 Å². The molecule has 0 saturated carbocycles. The maximum Gasteiger partial charge on any atom is 0.0555 e. The Bertz CT molecular complexity index is 66.6. The van der Waals surface area contributed by atoms with Gasteiger partial charge in [-0.1, -0.05) is 19.5 Å². The lowest BCUT2D eigenvalue weighted by Gasteiger charge is -2.01. The van der Waals surface area contributed by atoms with E-state index in [-0.39, 0.29) is 6.61 Å². The molecule has 0 fully saturated rings. The first-order valence-electron chi connectivity index (χ1n) is 4.92. The minimum atomic E-state index is 0.219. The normalized spacial score (nSPS) is 9.23. The summed E-state index contributed by atoms with van der Waals surface area (Å²) in [6, 6.07) is 0. The molecule has 0 spiro atoms. The van der Waals surface area contributed by atoms with Crippen molar-refractivity contribution in [1.82, 2.24) is 5.32 Å². The second kappa shape index (κ2) is 18.2. The molecular formula is C9H24NO2P. The van der Waals surface area contributed by atoms with Crippen molar-refractivity contribution in [2.75, 3.05) is 33.0 Å². The zero-order chi connectivity index (χ0) is 10.4. The molecule has 1 atom stereocenters. The van der Waals surface area contributed by atoms with E-state index >= 15 is 0 Å². The lowest BCUT2D eigenvalue weighted by atomic mass is 10.2. The van der Waals surface area contributed by atoms with Gasteiger partial charge in [-0.05, 0) is 19.4 Å². The van der Waals surface area contributed by atoms with Crippen molar-refractivity contribution in [3.8, 4) is 0 Å². The maximum absolute atomic E-state index is 8.46. The fourth-order valence-electron chi connectivity index (χ4n) is 0.919. The van der Waals surface area contributed by atoms with Gasteiger partial charge in [0.25, 0.3) is 0 Å². The van der Waals surface area contributed by atoms with Gasteiger partial charge in [-0.25, -0.2) is 0 Å². The summed E-state index contributed by atoms with van der Waals surface area (Å²) in [6.07, 6.45) is 4.33. The third-order valence-corrected chi connectivity index (χ3v) is 1.55. The molecule has 0 bridgehead atoms. The zero-order valence-corrected chi connectivity index (χ0v) is 9.78. The quantitative estimate of drug-likeness (QED) is 0.405. The maximum atomic E-state index is 8.46. The van der Waals surface area contributed by atoms with Gasteiger partial charge in [0.1, 0.15) is 0 Å². The van der Waals surface area contributed by atoms with Crippen LogP contribution in [0.4, 0.5) is 0 Å². The van der Waals surface area contributed by atoms with Crippen LogP contribution in [0.1, 0.15) is 25.7 Å². The van der Waals surface area contributed by atoms with Crippen LogP contribution < -0.4 is 5.32 Å². The number of unbranched alkanes of at least 4 members (excludes halogenated alkanes) is 3. The number of nitrogens with one attached hydrogen (secondary N) is 1. The van der Waals surface area contributed by atoms with Crippen LogP contribution in [0.25, 0.3) is 0 Å². The minimum Gasteiger partial charge on any atom is -0.396 e. The van der Waals surface area contributed by atoms with E-state index in [2.05, 4.69) is 14.6 Å². The summed E-state index contributed by atoms with van der Waals surface area (Å²) >= 11 is 0. The van der Waals surface area contributed by atoms with E-state index in [1.807, 2.05) is 6.66 Å². The van der Waals surface area contributed by atoms with Gasteiger partial charge in [0.15, 0.2) is 0 Å². The monoisotopic (exact) mass is 209 g/mol. The lowest BCUT2D eigenvalue weighted by molar-refractivity contribution is 0.281. The van der Waals surface area contributed by atoms with Crippen LogP contribution in [0, 0.1) is 0 Å².